The molecule has 2 aromatic heterocycles. The molecule has 0 fully saturated rings. The van der Waals surface area contributed by atoms with Crippen molar-refractivity contribution in [1.29, 1.82) is 0 Å². The van der Waals surface area contributed by atoms with E-state index >= 15 is 0 Å². The first-order valence-electron chi connectivity index (χ1n) is 9.16. The van der Waals surface area contributed by atoms with Gasteiger partial charge in [-0.25, -0.2) is 5.43 Å². The van der Waals surface area contributed by atoms with Gasteiger partial charge in [0.15, 0.2) is 22.5 Å². The van der Waals surface area contributed by atoms with Crippen LogP contribution in [0.25, 0.3) is 11.4 Å². The zero-order valence-corrected chi connectivity index (χ0v) is 17.7. The lowest BCUT2D eigenvalue weighted by molar-refractivity contribution is -0.118. The molecule has 0 spiro atoms. The number of ether oxygens (including phenoxy) is 2. The maximum atomic E-state index is 12.1. The fourth-order valence-electron chi connectivity index (χ4n) is 2.66. The Morgan fingerprint density at radius 3 is 2.77 bits per heavy atom. The molecule has 9 nitrogen and oxygen atoms in total. The van der Waals surface area contributed by atoms with Gasteiger partial charge in [0.25, 0.3) is 5.91 Å². The highest BCUT2D eigenvalue weighted by molar-refractivity contribution is 7.99. The van der Waals surface area contributed by atoms with Crippen LogP contribution < -0.4 is 14.9 Å². The molecule has 2 heterocycles. The fourth-order valence-corrected chi connectivity index (χ4v) is 3.46. The number of hydrogen-bond donors (Lipinski definition) is 1. The molecule has 0 atom stereocenters. The Morgan fingerprint density at radius 2 is 2.07 bits per heavy atom. The standard InChI is InChI=1S/C20H22N6O3S/c1-4-26-19(15-7-8-16(28-2)17(10-15)29-3)24-25-20(26)30-13-18(27)23-22-12-14-6-5-9-21-11-14/h5-12H,4,13H2,1-3H3,(H,23,27). The lowest BCUT2D eigenvalue weighted by Gasteiger charge is -2.10. The second kappa shape index (κ2) is 10.4. The van der Waals surface area contributed by atoms with Crippen molar-refractivity contribution < 1.29 is 14.3 Å². The molecule has 0 bridgehead atoms. The molecule has 0 aliphatic rings. The van der Waals surface area contributed by atoms with E-state index in [2.05, 4.69) is 25.7 Å². The summed E-state index contributed by atoms with van der Waals surface area (Å²) >= 11 is 1.29. The number of methoxy groups -OCH3 is 2. The Balaban J connectivity index is 1.66. The highest BCUT2D eigenvalue weighted by Crippen LogP contribution is 2.32. The van der Waals surface area contributed by atoms with Gasteiger partial charge in [0.05, 0.1) is 26.2 Å². The van der Waals surface area contributed by atoms with Crippen LogP contribution in [0.15, 0.2) is 53.0 Å². The lowest BCUT2D eigenvalue weighted by atomic mass is 10.2. The number of amides is 1. The van der Waals surface area contributed by atoms with Gasteiger partial charge in [-0.1, -0.05) is 17.8 Å². The molecule has 0 radical (unpaired) electrons. The van der Waals surface area contributed by atoms with Crippen LogP contribution in [0.1, 0.15) is 12.5 Å². The largest absolute Gasteiger partial charge is 0.493 e. The number of benzene rings is 1. The molecule has 156 valence electrons. The molecule has 0 aliphatic heterocycles. The molecular formula is C20H22N6O3S. The zero-order chi connectivity index (χ0) is 21.3. The van der Waals surface area contributed by atoms with E-state index in [0.717, 1.165) is 11.1 Å². The molecule has 1 aromatic carbocycles. The number of thioether (sulfide) groups is 1. The van der Waals surface area contributed by atoms with E-state index in [4.69, 9.17) is 9.47 Å². The highest BCUT2D eigenvalue weighted by atomic mass is 32.2. The number of nitrogens with one attached hydrogen (secondary N) is 1. The van der Waals surface area contributed by atoms with Crippen LogP contribution in [0.4, 0.5) is 0 Å². The predicted molar refractivity (Wildman–Crippen MR) is 115 cm³/mol. The third-order valence-corrected chi connectivity index (χ3v) is 5.06. The van der Waals surface area contributed by atoms with E-state index in [1.54, 1.807) is 38.9 Å². The molecular weight excluding hydrogens is 404 g/mol. The maximum absolute atomic E-state index is 12.1. The summed E-state index contributed by atoms with van der Waals surface area (Å²) in [4.78, 5) is 16.1. The van der Waals surface area contributed by atoms with Crippen LogP contribution in [-0.4, -0.2) is 51.8 Å². The van der Waals surface area contributed by atoms with Gasteiger partial charge in [0.2, 0.25) is 0 Å². The molecule has 0 unspecified atom stereocenters. The summed E-state index contributed by atoms with van der Waals surface area (Å²) in [6.45, 7) is 2.65. The molecule has 3 rings (SSSR count). The number of carbonyl (C=O) groups excluding carboxylic acids is 1. The van der Waals surface area contributed by atoms with Crippen LogP contribution in [-0.2, 0) is 11.3 Å². The van der Waals surface area contributed by atoms with Crippen molar-refractivity contribution in [3.8, 4) is 22.9 Å². The van der Waals surface area contributed by atoms with Gasteiger partial charge >= 0.3 is 0 Å². The van der Waals surface area contributed by atoms with Gasteiger partial charge in [-0.2, -0.15) is 5.10 Å². The van der Waals surface area contributed by atoms with Crippen molar-refractivity contribution >= 4 is 23.9 Å². The average Bonchev–Trinajstić information content (AvgIpc) is 3.20. The van der Waals surface area contributed by atoms with Gasteiger partial charge in [0, 0.05) is 30.1 Å². The van der Waals surface area contributed by atoms with Crippen molar-refractivity contribution in [2.75, 3.05) is 20.0 Å². The molecule has 10 heteroatoms. The van der Waals surface area contributed by atoms with E-state index in [-0.39, 0.29) is 11.7 Å². The second-order valence-corrected chi connectivity index (χ2v) is 6.93. The van der Waals surface area contributed by atoms with Crippen LogP contribution in [0.3, 0.4) is 0 Å². The van der Waals surface area contributed by atoms with E-state index in [1.165, 1.54) is 11.8 Å². The molecule has 0 saturated heterocycles. The van der Waals surface area contributed by atoms with Crippen molar-refractivity contribution in [3.05, 3.63) is 48.3 Å². The summed E-state index contributed by atoms with van der Waals surface area (Å²) in [5, 5.41) is 13.1. The first-order chi connectivity index (χ1) is 14.7. The number of hydrogen-bond acceptors (Lipinski definition) is 8. The van der Waals surface area contributed by atoms with Crippen LogP contribution >= 0.6 is 11.8 Å². The normalized spacial score (nSPS) is 10.9. The minimum atomic E-state index is -0.238. The molecule has 0 saturated carbocycles. The summed E-state index contributed by atoms with van der Waals surface area (Å²) in [5.41, 5.74) is 4.15. The Labute approximate surface area is 178 Å². The van der Waals surface area contributed by atoms with Crippen LogP contribution in [0, 0.1) is 0 Å². The monoisotopic (exact) mass is 426 g/mol. The number of rotatable bonds is 9. The quantitative estimate of drug-likeness (QED) is 0.319. The number of carbonyl (C=O) groups is 1. The van der Waals surface area contributed by atoms with Gasteiger partial charge in [-0.15, -0.1) is 10.2 Å². The first-order valence-corrected chi connectivity index (χ1v) is 10.1. The van der Waals surface area contributed by atoms with E-state index in [9.17, 15) is 4.79 Å². The smallest absolute Gasteiger partial charge is 0.250 e. The van der Waals surface area contributed by atoms with Gasteiger partial charge in [0.1, 0.15) is 0 Å². The summed E-state index contributed by atoms with van der Waals surface area (Å²) in [6, 6.07) is 9.21. The predicted octanol–water partition coefficient (Wildman–Crippen LogP) is 2.62. The van der Waals surface area contributed by atoms with Gasteiger partial charge in [-0.05, 0) is 31.2 Å². The van der Waals surface area contributed by atoms with E-state index < -0.39 is 0 Å². The van der Waals surface area contributed by atoms with E-state index in [0.29, 0.717) is 29.0 Å². The second-order valence-electron chi connectivity index (χ2n) is 5.99. The van der Waals surface area contributed by atoms with Crippen molar-refractivity contribution in [2.24, 2.45) is 5.10 Å². The third-order valence-electron chi connectivity index (χ3n) is 4.09. The molecule has 0 aliphatic carbocycles. The van der Waals surface area contributed by atoms with Gasteiger partial charge in [-0.3, -0.25) is 9.78 Å². The van der Waals surface area contributed by atoms with Crippen molar-refractivity contribution in [1.82, 2.24) is 25.2 Å². The summed E-state index contributed by atoms with van der Waals surface area (Å²) in [5.74, 6) is 1.87. The minimum Gasteiger partial charge on any atom is -0.493 e. The third kappa shape index (κ3) is 5.15. The lowest BCUT2D eigenvalue weighted by Crippen LogP contribution is -2.20. The van der Waals surface area contributed by atoms with Crippen LogP contribution in [0.5, 0.6) is 11.5 Å². The maximum Gasteiger partial charge on any atom is 0.250 e. The zero-order valence-electron chi connectivity index (χ0n) is 16.9. The Bertz CT molecular complexity index is 1020. The Morgan fingerprint density at radius 1 is 1.23 bits per heavy atom. The highest BCUT2D eigenvalue weighted by Gasteiger charge is 2.16. The van der Waals surface area contributed by atoms with Crippen LogP contribution in [0.2, 0.25) is 0 Å². The fraction of sp³-hybridized carbons (Fsp3) is 0.250. The Hall–Kier alpha value is -3.40. The number of hydrazone groups is 1. The van der Waals surface area contributed by atoms with E-state index in [1.807, 2.05) is 35.8 Å². The number of nitrogens with zero attached hydrogens (tertiary/aromatic N) is 5. The number of aromatic nitrogens is 4. The summed E-state index contributed by atoms with van der Waals surface area (Å²) in [7, 11) is 3.18. The minimum absolute atomic E-state index is 0.161. The molecule has 30 heavy (non-hydrogen) atoms. The SMILES string of the molecule is CCn1c(SCC(=O)NN=Cc2cccnc2)nnc1-c1ccc(OC)c(OC)c1. The van der Waals surface area contributed by atoms with Gasteiger partial charge < -0.3 is 14.0 Å². The Kier molecular flexibility index (Phi) is 7.39. The van der Waals surface area contributed by atoms with Crippen molar-refractivity contribution in [2.45, 2.75) is 18.6 Å². The average molecular weight is 427 g/mol. The molecule has 1 amide bonds. The molecule has 1 N–H and O–H groups in total. The summed E-state index contributed by atoms with van der Waals surface area (Å²) in [6.07, 6.45) is 4.87. The van der Waals surface area contributed by atoms with Crippen molar-refractivity contribution in [3.63, 3.8) is 0 Å². The first kappa shape index (κ1) is 21.3. The number of pyridine rings is 1. The topological polar surface area (TPSA) is 104 Å². The molecule has 3 aromatic rings. The summed E-state index contributed by atoms with van der Waals surface area (Å²) < 4.78 is 12.6.